The SMILES string of the molecule is CC(C)=O.CON. The number of hydrogen-bond donors (Lipinski definition) is 1. The molecule has 3 nitrogen and oxygen atoms in total. The third kappa shape index (κ3) is 429. The first-order valence-corrected chi connectivity index (χ1v) is 1.85. The molecular formula is C4H11NO2. The topological polar surface area (TPSA) is 52.3 Å². The van der Waals surface area contributed by atoms with Crippen LogP contribution in [0.3, 0.4) is 0 Å². The molecular weight excluding hydrogens is 94.0 g/mol. The van der Waals surface area contributed by atoms with Gasteiger partial charge in [0, 0.05) is 0 Å². The van der Waals surface area contributed by atoms with Crippen molar-refractivity contribution in [1.29, 1.82) is 0 Å². The summed E-state index contributed by atoms with van der Waals surface area (Å²) < 4.78 is 0. The molecule has 0 spiro atoms. The summed E-state index contributed by atoms with van der Waals surface area (Å²) in [7, 11) is 1.40. The van der Waals surface area contributed by atoms with Crippen molar-refractivity contribution >= 4 is 5.78 Å². The van der Waals surface area contributed by atoms with Crippen molar-refractivity contribution in [3.8, 4) is 0 Å². The van der Waals surface area contributed by atoms with Gasteiger partial charge in [-0.1, -0.05) is 0 Å². The molecule has 0 aromatic carbocycles. The Labute approximate surface area is 43.4 Å². The van der Waals surface area contributed by atoms with Gasteiger partial charge in [0.25, 0.3) is 0 Å². The van der Waals surface area contributed by atoms with Crippen LogP contribution in [-0.2, 0) is 9.63 Å². The summed E-state index contributed by atoms with van der Waals surface area (Å²) in [5.41, 5.74) is 0. The second-order valence-corrected chi connectivity index (χ2v) is 1.14. The van der Waals surface area contributed by atoms with Gasteiger partial charge in [-0.25, -0.2) is 5.90 Å². The molecule has 0 radical (unpaired) electrons. The normalized spacial score (nSPS) is 6.29. The fourth-order valence-electron chi connectivity index (χ4n) is 0. The second kappa shape index (κ2) is 9.14. The number of carbonyl (C=O) groups is 1. The van der Waals surface area contributed by atoms with Gasteiger partial charge in [-0.2, -0.15) is 0 Å². The lowest BCUT2D eigenvalue weighted by molar-refractivity contribution is -0.114. The van der Waals surface area contributed by atoms with E-state index < -0.39 is 0 Å². The van der Waals surface area contributed by atoms with E-state index in [1.165, 1.54) is 21.0 Å². The molecule has 0 saturated heterocycles. The molecule has 2 N–H and O–H groups in total. The predicted molar refractivity (Wildman–Crippen MR) is 27.6 cm³/mol. The van der Waals surface area contributed by atoms with Gasteiger partial charge in [0.15, 0.2) is 0 Å². The van der Waals surface area contributed by atoms with Crippen molar-refractivity contribution in [2.24, 2.45) is 5.90 Å². The summed E-state index contributed by atoms with van der Waals surface area (Å²) in [4.78, 5) is 13.2. The molecule has 0 saturated carbocycles. The molecule has 3 heteroatoms. The molecule has 0 unspecified atom stereocenters. The van der Waals surface area contributed by atoms with E-state index in [-0.39, 0.29) is 5.78 Å². The van der Waals surface area contributed by atoms with Crippen molar-refractivity contribution in [2.45, 2.75) is 13.8 Å². The van der Waals surface area contributed by atoms with Crippen LogP contribution in [0.15, 0.2) is 0 Å². The number of ketones is 1. The zero-order valence-corrected chi connectivity index (χ0v) is 4.89. The van der Waals surface area contributed by atoms with Crippen LogP contribution in [-0.4, -0.2) is 12.9 Å². The van der Waals surface area contributed by atoms with Crippen molar-refractivity contribution in [2.75, 3.05) is 7.11 Å². The highest BCUT2D eigenvalue weighted by molar-refractivity contribution is 5.72. The summed E-state index contributed by atoms with van der Waals surface area (Å²) in [5.74, 6) is 4.51. The minimum Gasteiger partial charge on any atom is -0.308 e. The molecule has 0 aliphatic carbocycles. The molecule has 0 heterocycles. The minimum atomic E-state index is 0.167. The Hall–Kier alpha value is -0.410. The summed E-state index contributed by atoms with van der Waals surface area (Å²) >= 11 is 0. The first kappa shape index (κ1) is 9.77. The monoisotopic (exact) mass is 105 g/mol. The zero-order valence-electron chi connectivity index (χ0n) is 4.89. The molecule has 0 amide bonds. The van der Waals surface area contributed by atoms with Crippen molar-refractivity contribution in [1.82, 2.24) is 0 Å². The van der Waals surface area contributed by atoms with Gasteiger partial charge in [-0.05, 0) is 13.8 Å². The maximum atomic E-state index is 9.44. The average Bonchev–Trinajstić information content (AvgIpc) is 1.33. The highest BCUT2D eigenvalue weighted by atomic mass is 16.6. The zero-order chi connectivity index (χ0) is 6.28. The summed E-state index contributed by atoms with van der Waals surface area (Å²) in [6.45, 7) is 3.06. The first-order valence-electron chi connectivity index (χ1n) is 1.85. The van der Waals surface area contributed by atoms with E-state index in [4.69, 9.17) is 0 Å². The van der Waals surface area contributed by atoms with Crippen molar-refractivity contribution < 1.29 is 9.63 Å². The number of rotatable bonds is 0. The quantitative estimate of drug-likeness (QED) is 0.444. The Bertz CT molecular complexity index is 41.0. The third-order valence-electron chi connectivity index (χ3n) is 0. The van der Waals surface area contributed by atoms with E-state index in [9.17, 15) is 4.79 Å². The van der Waals surface area contributed by atoms with Crippen LogP contribution < -0.4 is 5.90 Å². The number of carbonyl (C=O) groups excluding carboxylic acids is 1. The van der Waals surface area contributed by atoms with E-state index in [1.54, 1.807) is 0 Å². The first-order chi connectivity index (χ1) is 3.15. The Balaban J connectivity index is 0. The smallest absolute Gasteiger partial charge is 0.126 e. The molecule has 0 aliphatic rings. The molecule has 0 aliphatic heterocycles. The molecule has 0 aromatic rings. The molecule has 0 fully saturated rings. The lowest BCUT2D eigenvalue weighted by Gasteiger charge is -1.62. The minimum absolute atomic E-state index is 0.167. The van der Waals surface area contributed by atoms with Gasteiger partial charge in [0.2, 0.25) is 0 Å². The summed E-state index contributed by atoms with van der Waals surface area (Å²) in [5, 5.41) is 0. The standard InChI is InChI=1S/C3H6O.CH5NO/c1-3(2)4;1-3-2/h1-2H3;2H2,1H3. The second-order valence-electron chi connectivity index (χ2n) is 1.14. The van der Waals surface area contributed by atoms with Crippen LogP contribution in [0.2, 0.25) is 0 Å². The van der Waals surface area contributed by atoms with Crippen LogP contribution in [0.1, 0.15) is 13.8 Å². The van der Waals surface area contributed by atoms with E-state index in [1.807, 2.05) is 0 Å². The highest BCUT2D eigenvalue weighted by Gasteiger charge is 1.62. The average molecular weight is 105 g/mol. The maximum Gasteiger partial charge on any atom is 0.126 e. The van der Waals surface area contributed by atoms with Gasteiger partial charge < -0.3 is 9.63 Å². The van der Waals surface area contributed by atoms with Gasteiger partial charge >= 0.3 is 0 Å². The molecule has 7 heavy (non-hydrogen) atoms. The van der Waals surface area contributed by atoms with E-state index >= 15 is 0 Å². The maximum absolute atomic E-state index is 9.44. The summed E-state index contributed by atoms with van der Waals surface area (Å²) in [6.07, 6.45) is 0. The van der Waals surface area contributed by atoms with Gasteiger partial charge in [0.05, 0.1) is 7.11 Å². The van der Waals surface area contributed by atoms with E-state index in [2.05, 4.69) is 10.7 Å². The van der Waals surface area contributed by atoms with Crippen molar-refractivity contribution in [3.05, 3.63) is 0 Å². The van der Waals surface area contributed by atoms with Crippen LogP contribution in [0.5, 0.6) is 0 Å². The Morgan fingerprint density at radius 1 is 1.57 bits per heavy atom. The predicted octanol–water partition coefficient (Wildman–Crippen LogP) is 0.102. The van der Waals surface area contributed by atoms with Gasteiger partial charge in [-0.3, -0.25) is 0 Å². The fraction of sp³-hybridized carbons (Fsp3) is 0.750. The highest BCUT2D eigenvalue weighted by Crippen LogP contribution is 1.50. The Morgan fingerprint density at radius 3 is 1.57 bits per heavy atom. The third-order valence-corrected chi connectivity index (χ3v) is 0. The van der Waals surface area contributed by atoms with Crippen LogP contribution >= 0.6 is 0 Å². The van der Waals surface area contributed by atoms with E-state index in [0.29, 0.717) is 0 Å². The molecule has 0 aromatic heterocycles. The van der Waals surface area contributed by atoms with Crippen LogP contribution in [0.4, 0.5) is 0 Å². The molecule has 0 rings (SSSR count). The lowest BCUT2D eigenvalue weighted by atomic mass is 10.6. The molecule has 44 valence electrons. The lowest BCUT2D eigenvalue weighted by Crippen LogP contribution is -1.86. The number of Topliss-reactive ketones (excluding diaryl/α,β-unsaturated/α-hetero) is 1. The Morgan fingerprint density at radius 2 is 1.57 bits per heavy atom. The van der Waals surface area contributed by atoms with Crippen molar-refractivity contribution in [3.63, 3.8) is 0 Å². The molecule has 0 atom stereocenters. The molecule has 0 bridgehead atoms. The fourth-order valence-corrected chi connectivity index (χ4v) is 0. The van der Waals surface area contributed by atoms with E-state index in [0.717, 1.165) is 0 Å². The number of hydrogen-bond acceptors (Lipinski definition) is 3. The van der Waals surface area contributed by atoms with Gasteiger partial charge in [-0.15, -0.1) is 0 Å². The Kier molecular flexibility index (Phi) is 12.8. The van der Waals surface area contributed by atoms with Gasteiger partial charge in [0.1, 0.15) is 5.78 Å². The van der Waals surface area contributed by atoms with Crippen LogP contribution in [0.25, 0.3) is 0 Å². The van der Waals surface area contributed by atoms with Crippen LogP contribution in [0, 0.1) is 0 Å². The number of nitrogens with two attached hydrogens (primary N) is 1. The largest absolute Gasteiger partial charge is 0.308 e. The summed E-state index contributed by atoms with van der Waals surface area (Å²) in [6, 6.07) is 0.